The number of amides is 1. The van der Waals surface area contributed by atoms with Crippen LogP contribution in [-0.4, -0.2) is 33.9 Å². The van der Waals surface area contributed by atoms with Crippen molar-refractivity contribution in [1.29, 1.82) is 0 Å². The van der Waals surface area contributed by atoms with E-state index in [0.29, 0.717) is 0 Å². The summed E-state index contributed by atoms with van der Waals surface area (Å²) in [7, 11) is 0. The number of carbonyl (C=O) groups excluding carboxylic acids is 1. The minimum atomic E-state index is -0.276. The standard InChI is InChI=1S/C21H23N3OS2/c1-13-14(2)26-19-17(13)20(23-15(3)22-19)27-18(16-9-5-4-6-10-16)21(25)24-11-7-8-12-24/h4-6,9-10,18H,7-8,11-12H2,1-3H3/t18-/m1/s1. The van der Waals surface area contributed by atoms with Gasteiger partial charge in [0.15, 0.2) is 0 Å². The molecule has 3 aromatic rings. The lowest BCUT2D eigenvalue weighted by atomic mass is 10.1. The van der Waals surface area contributed by atoms with Crippen molar-refractivity contribution < 1.29 is 4.79 Å². The number of likely N-dealkylation sites (tertiary alicyclic amines) is 1. The van der Waals surface area contributed by atoms with E-state index in [-0.39, 0.29) is 11.2 Å². The predicted octanol–water partition coefficient (Wildman–Crippen LogP) is 5.07. The van der Waals surface area contributed by atoms with Crippen LogP contribution in [0.2, 0.25) is 0 Å². The Morgan fingerprint density at radius 3 is 2.52 bits per heavy atom. The van der Waals surface area contributed by atoms with Gasteiger partial charge < -0.3 is 4.90 Å². The Labute approximate surface area is 168 Å². The molecule has 0 N–H and O–H groups in total. The molecular formula is C21H23N3OS2. The number of hydrogen-bond donors (Lipinski definition) is 0. The van der Waals surface area contributed by atoms with Crippen LogP contribution in [0, 0.1) is 20.8 Å². The van der Waals surface area contributed by atoms with Gasteiger partial charge in [-0.25, -0.2) is 9.97 Å². The van der Waals surface area contributed by atoms with Crippen molar-refractivity contribution in [2.45, 2.75) is 43.9 Å². The molecule has 27 heavy (non-hydrogen) atoms. The molecule has 6 heteroatoms. The van der Waals surface area contributed by atoms with Gasteiger partial charge in [0.05, 0.1) is 0 Å². The van der Waals surface area contributed by atoms with Crippen molar-refractivity contribution in [1.82, 2.24) is 14.9 Å². The van der Waals surface area contributed by atoms with Gasteiger partial charge in [0.1, 0.15) is 20.9 Å². The molecule has 1 aliphatic heterocycles. The quantitative estimate of drug-likeness (QED) is 0.455. The summed E-state index contributed by atoms with van der Waals surface area (Å²) < 4.78 is 0. The Morgan fingerprint density at radius 1 is 1.11 bits per heavy atom. The van der Waals surface area contributed by atoms with E-state index in [4.69, 9.17) is 4.98 Å². The number of hydrogen-bond acceptors (Lipinski definition) is 5. The van der Waals surface area contributed by atoms with Crippen LogP contribution in [0.3, 0.4) is 0 Å². The third-order valence-electron chi connectivity index (χ3n) is 5.08. The van der Waals surface area contributed by atoms with Gasteiger partial charge in [0.2, 0.25) is 5.91 Å². The van der Waals surface area contributed by atoms with Crippen molar-refractivity contribution in [2.75, 3.05) is 13.1 Å². The number of fused-ring (bicyclic) bond motifs is 1. The maximum absolute atomic E-state index is 13.3. The monoisotopic (exact) mass is 397 g/mol. The van der Waals surface area contributed by atoms with E-state index in [0.717, 1.165) is 52.6 Å². The Kier molecular flexibility index (Phi) is 5.19. The second kappa shape index (κ2) is 7.60. The number of aryl methyl sites for hydroxylation is 3. The minimum Gasteiger partial charge on any atom is -0.341 e. The minimum absolute atomic E-state index is 0.192. The van der Waals surface area contributed by atoms with Crippen LogP contribution in [0.15, 0.2) is 35.4 Å². The molecule has 1 aliphatic rings. The zero-order valence-electron chi connectivity index (χ0n) is 15.9. The van der Waals surface area contributed by atoms with Crippen LogP contribution in [0.1, 0.15) is 39.9 Å². The van der Waals surface area contributed by atoms with Gasteiger partial charge in [-0.05, 0) is 44.7 Å². The van der Waals surface area contributed by atoms with Gasteiger partial charge in [-0.2, -0.15) is 0 Å². The van der Waals surface area contributed by atoms with E-state index >= 15 is 0 Å². The first-order valence-corrected chi connectivity index (χ1v) is 11.0. The Balaban J connectivity index is 1.78. The fourth-order valence-corrected chi connectivity index (χ4v) is 5.96. The van der Waals surface area contributed by atoms with E-state index in [9.17, 15) is 4.79 Å². The Bertz CT molecular complexity index is 978. The number of aromatic nitrogens is 2. The van der Waals surface area contributed by atoms with Crippen molar-refractivity contribution in [2.24, 2.45) is 0 Å². The summed E-state index contributed by atoms with van der Waals surface area (Å²) in [5, 5.41) is 1.74. The number of thioether (sulfide) groups is 1. The molecule has 1 saturated heterocycles. The topological polar surface area (TPSA) is 46.1 Å². The van der Waals surface area contributed by atoms with Gasteiger partial charge in [-0.15, -0.1) is 11.3 Å². The first kappa shape index (κ1) is 18.4. The van der Waals surface area contributed by atoms with Crippen molar-refractivity contribution in [3.05, 3.63) is 52.2 Å². The summed E-state index contributed by atoms with van der Waals surface area (Å²) in [5.74, 6) is 0.949. The van der Waals surface area contributed by atoms with Crippen LogP contribution in [0.5, 0.6) is 0 Å². The molecule has 0 unspecified atom stereocenters. The number of rotatable bonds is 4. The van der Waals surface area contributed by atoms with Crippen molar-refractivity contribution in [3.63, 3.8) is 0 Å². The highest BCUT2D eigenvalue weighted by Gasteiger charge is 2.30. The van der Waals surface area contributed by atoms with Gasteiger partial charge in [-0.1, -0.05) is 42.1 Å². The summed E-state index contributed by atoms with van der Waals surface area (Å²) in [6.07, 6.45) is 2.19. The highest BCUT2D eigenvalue weighted by molar-refractivity contribution is 8.00. The van der Waals surface area contributed by atoms with E-state index in [1.165, 1.54) is 10.4 Å². The second-order valence-corrected chi connectivity index (χ2v) is 9.28. The first-order valence-electron chi connectivity index (χ1n) is 9.29. The largest absolute Gasteiger partial charge is 0.341 e. The van der Waals surface area contributed by atoms with E-state index in [2.05, 4.69) is 18.8 Å². The Hall–Kier alpha value is -1.92. The number of carbonyl (C=O) groups is 1. The lowest BCUT2D eigenvalue weighted by molar-refractivity contribution is -0.129. The van der Waals surface area contributed by atoms with Gasteiger partial charge in [0.25, 0.3) is 0 Å². The summed E-state index contributed by atoms with van der Waals surface area (Å²) in [6, 6.07) is 10.1. The number of thiophene rings is 1. The fourth-order valence-electron chi connectivity index (χ4n) is 3.50. The van der Waals surface area contributed by atoms with Gasteiger partial charge in [-0.3, -0.25) is 4.79 Å². The number of benzene rings is 1. The van der Waals surface area contributed by atoms with Crippen LogP contribution in [-0.2, 0) is 4.79 Å². The first-order chi connectivity index (χ1) is 13.0. The molecule has 0 saturated carbocycles. The summed E-state index contributed by atoms with van der Waals surface area (Å²) >= 11 is 3.28. The molecule has 4 nitrogen and oxygen atoms in total. The summed E-state index contributed by atoms with van der Waals surface area (Å²) in [5.41, 5.74) is 2.26. The van der Waals surface area contributed by atoms with Gasteiger partial charge in [0, 0.05) is 23.4 Å². The zero-order chi connectivity index (χ0) is 19.0. The van der Waals surface area contributed by atoms with Crippen LogP contribution in [0.25, 0.3) is 10.2 Å². The molecule has 1 fully saturated rings. The highest BCUT2D eigenvalue weighted by Crippen LogP contribution is 2.42. The summed E-state index contributed by atoms with van der Waals surface area (Å²) in [6.45, 7) is 7.88. The molecule has 1 amide bonds. The van der Waals surface area contributed by atoms with Crippen LogP contribution >= 0.6 is 23.1 Å². The molecule has 0 bridgehead atoms. The maximum atomic E-state index is 13.3. The number of nitrogens with zero attached hydrogens (tertiary/aromatic N) is 3. The van der Waals surface area contributed by atoms with E-state index in [1.54, 1.807) is 23.1 Å². The second-order valence-electron chi connectivity index (χ2n) is 6.98. The average Bonchev–Trinajstić information content (AvgIpc) is 3.29. The molecule has 0 radical (unpaired) electrons. The van der Waals surface area contributed by atoms with Crippen LogP contribution < -0.4 is 0 Å². The predicted molar refractivity (Wildman–Crippen MR) is 112 cm³/mol. The molecule has 1 aromatic carbocycles. The fraction of sp³-hybridized carbons (Fsp3) is 0.381. The molecular weight excluding hydrogens is 374 g/mol. The third kappa shape index (κ3) is 3.60. The normalized spacial score (nSPS) is 15.4. The zero-order valence-corrected chi connectivity index (χ0v) is 17.5. The molecule has 4 rings (SSSR count). The highest BCUT2D eigenvalue weighted by atomic mass is 32.2. The lowest BCUT2D eigenvalue weighted by Crippen LogP contribution is -2.31. The van der Waals surface area contributed by atoms with Gasteiger partial charge >= 0.3 is 0 Å². The molecule has 0 spiro atoms. The third-order valence-corrected chi connectivity index (χ3v) is 7.41. The molecule has 140 valence electrons. The molecule has 3 heterocycles. The molecule has 1 atom stereocenters. The summed E-state index contributed by atoms with van der Waals surface area (Å²) in [4.78, 5) is 27.0. The van der Waals surface area contributed by atoms with Crippen molar-refractivity contribution in [3.8, 4) is 0 Å². The van der Waals surface area contributed by atoms with Crippen molar-refractivity contribution >= 4 is 39.2 Å². The smallest absolute Gasteiger partial charge is 0.240 e. The van der Waals surface area contributed by atoms with E-state index < -0.39 is 0 Å². The molecule has 2 aromatic heterocycles. The maximum Gasteiger partial charge on any atom is 0.240 e. The van der Waals surface area contributed by atoms with Crippen LogP contribution in [0.4, 0.5) is 0 Å². The molecule has 0 aliphatic carbocycles. The average molecular weight is 398 g/mol. The Morgan fingerprint density at radius 2 is 1.81 bits per heavy atom. The van der Waals surface area contributed by atoms with E-state index in [1.807, 2.05) is 42.2 Å². The lowest BCUT2D eigenvalue weighted by Gasteiger charge is -2.23. The SMILES string of the molecule is Cc1nc(S[C@@H](C(=O)N2CCCC2)c2ccccc2)c2c(C)c(C)sc2n1.